The van der Waals surface area contributed by atoms with Crippen LogP contribution in [0.3, 0.4) is 0 Å². The first-order valence-corrected chi connectivity index (χ1v) is 9.96. The predicted octanol–water partition coefficient (Wildman–Crippen LogP) is 2.40. The van der Waals surface area contributed by atoms with Crippen molar-refractivity contribution in [1.29, 1.82) is 5.26 Å². The molecule has 140 valence electrons. The van der Waals surface area contributed by atoms with Crippen LogP contribution < -0.4 is 14.8 Å². The fourth-order valence-corrected chi connectivity index (χ4v) is 3.73. The molecular weight excluding hydrogens is 366 g/mol. The molecular formula is C19H19N3O4S. The van der Waals surface area contributed by atoms with E-state index in [0.717, 1.165) is 12.8 Å². The molecule has 0 bridgehead atoms. The van der Waals surface area contributed by atoms with Gasteiger partial charge in [-0.15, -0.1) is 0 Å². The highest BCUT2D eigenvalue weighted by molar-refractivity contribution is 7.89. The van der Waals surface area contributed by atoms with Crippen molar-refractivity contribution in [2.75, 3.05) is 5.32 Å². The smallest absolute Gasteiger partial charge is 0.265 e. The number of sulfonamides is 1. The van der Waals surface area contributed by atoms with Crippen LogP contribution in [0.2, 0.25) is 0 Å². The van der Waals surface area contributed by atoms with Crippen LogP contribution in [-0.2, 0) is 14.8 Å². The van der Waals surface area contributed by atoms with Gasteiger partial charge >= 0.3 is 0 Å². The molecule has 1 aliphatic rings. The molecule has 1 fully saturated rings. The van der Waals surface area contributed by atoms with E-state index in [9.17, 15) is 13.2 Å². The molecule has 2 N–H and O–H groups in total. The van der Waals surface area contributed by atoms with Gasteiger partial charge in [0.1, 0.15) is 11.8 Å². The number of nitrogens with one attached hydrogen (secondary N) is 2. The van der Waals surface area contributed by atoms with Gasteiger partial charge in [-0.05, 0) is 50.1 Å². The number of carbonyl (C=O) groups is 1. The van der Waals surface area contributed by atoms with E-state index in [4.69, 9.17) is 10.00 Å². The highest BCUT2D eigenvalue weighted by atomic mass is 32.2. The average Bonchev–Trinajstić information content (AvgIpc) is 3.45. The van der Waals surface area contributed by atoms with E-state index >= 15 is 0 Å². The number of rotatable bonds is 7. The maximum Gasteiger partial charge on any atom is 0.265 e. The summed E-state index contributed by atoms with van der Waals surface area (Å²) >= 11 is 0. The standard InChI is InChI=1S/C19H19N3O4S/c1-13(26-18-8-3-2-5-14(18)12-20)19(23)21-16-6-4-7-17(11-16)27(24,25)22-15-9-10-15/h2-8,11,13,15,22H,9-10H2,1H3,(H,21,23). The summed E-state index contributed by atoms with van der Waals surface area (Å²) in [5.74, 6) is -0.139. The van der Waals surface area contributed by atoms with Crippen molar-refractivity contribution >= 4 is 21.6 Å². The summed E-state index contributed by atoms with van der Waals surface area (Å²) in [5.41, 5.74) is 0.680. The van der Waals surface area contributed by atoms with Crippen LogP contribution in [0.1, 0.15) is 25.3 Å². The molecule has 0 aliphatic heterocycles. The van der Waals surface area contributed by atoms with Gasteiger partial charge < -0.3 is 10.1 Å². The third kappa shape index (κ3) is 4.84. The quantitative estimate of drug-likeness (QED) is 0.761. The zero-order valence-corrected chi connectivity index (χ0v) is 15.5. The second-order valence-corrected chi connectivity index (χ2v) is 7.99. The van der Waals surface area contributed by atoms with Gasteiger partial charge in [0.2, 0.25) is 10.0 Å². The van der Waals surface area contributed by atoms with E-state index in [1.54, 1.807) is 43.3 Å². The van der Waals surface area contributed by atoms with Crippen molar-refractivity contribution in [1.82, 2.24) is 4.72 Å². The van der Waals surface area contributed by atoms with E-state index in [1.807, 2.05) is 6.07 Å². The zero-order valence-electron chi connectivity index (χ0n) is 14.7. The highest BCUT2D eigenvalue weighted by Crippen LogP contribution is 2.23. The lowest BCUT2D eigenvalue weighted by Crippen LogP contribution is -2.30. The number of benzene rings is 2. The second kappa shape index (κ2) is 7.78. The largest absolute Gasteiger partial charge is 0.480 e. The molecule has 1 amide bonds. The molecule has 0 saturated heterocycles. The molecule has 0 aromatic heterocycles. The Labute approximate surface area is 158 Å². The summed E-state index contributed by atoms with van der Waals surface area (Å²) in [6.45, 7) is 1.55. The number of anilines is 1. The van der Waals surface area contributed by atoms with Crippen molar-refractivity contribution in [3.63, 3.8) is 0 Å². The minimum atomic E-state index is -3.60. The maximum absolute atomic E-state index is 12.4. The van der Waals surface area contributed by atoms with Crippen LogP contribution in [0.25, 0.3) is 0 Å². The van der Waals surface area contributed by atoms with Gasteiger partial charge in [-0.2, -0.15) is 5.26 Å². The van der Waals surface area contributed by atoms with Gasteiger partial charge in [0.05, 0.1) is 10.5 Å². The first kappa shape index (κ1) is 18.9. The molecule has 1 saturated carbocycles. The first-order chi connectivity index (χ1) is 12.9. The van der Waals surface area contributed by atoms with E-state index < -0.39 is 22.0 Å². The van der Waals surface area contributed by atoms with E-state index in [1.165, 1.54) is 12.1 Å². The molecule has 1 unspecified atom stereocenters. The molecule has 3 rings (SSSR count). The van der Waals surface area contributed by atoms with Crippen molar-refractivity contribution in [2.45, 2.75) is 36.8 Å². The van der Waals surface area contributed by atoms with Crippen molar-refractivity contribution in [2.24, 2.45) is 0 Å². The molecule has 2 aromatic rings. The van der Waals surface area contributed by atoms with Gasteiger partial charge in [-0.3, -0.25) is 4.79 Å². The zero-order chi connectivity index (χ0) is 19.4. The van der Waals surface area contributed by atoms with Gasteiger partial charge in [-0.1, -0.05) is 18.2 Å². The highest BCUT2D eigenvalue weighted by Gasteiger charge is 2.28. The normalized spacial score (nSPS) is 14.8. The molecule has 2 aromatic carbocycles. The fraction of sp³-hybridized carbons (Fsp3) is 0.263. The summed E-state index contributed by atoms with van der Waals surface area (Å²) in [7, 11) is -3.60. The Hall–Kier alpha value is -2.89. The average molecular weight is 385 g/mol. The van der Waals surface area contributed by atoms with E-state index in [0.29, 0.717) is 17.0 Å². The SMILES string of the molecule is CC(Oc1ccccc1C#N)C(=O)Nc1cccc(S(=O)(=O)NC2CC2)c1. The van der Waals surface area contributed by atoms with Crippen LogP contribution in [0, 0.1) is 11.3 Å². The minimum absolute atomic E-state index is 0.00173. The summed E-state index contributed by atoms with van der Waals surface area (Å²) in [6, 6.07) is 14.7. The third-order valence-corrected chi connectivity index (χ3v) is 5.51. The Balaban J connectivity index is 1.68. The van der Waals surface area contributed by atoms with Gasteiger partial charge in [0.25, 0.3) is 5.91 Å². The van der Waals surface area contributed by atoms with Gasteiger partial charge in [0, 0.05) is 11.7 Å². The molecule has 8 heteroatoms. The van der Waals surface area contributed by atoms with Crippen LogP contribution in [0.5, 0.6) is 5.75 Å². The van der Waals surface area contributed by atoms with Crippen LogP contribution in [-0.4, -0.2) is 26.5 Å². The number of amides is 1. The Morgan fingerprint density at radius 2 is 1.96 bits per heavy atom. The molecule has 1 aliphatic carbocycles. The second-order valence-electron chi connectivity index (χ2n) is 6.28. The number of carbonyl (C=O) groups excluding carboxylic acids is 1. The van der Waals surface area contributed by atoms with Crippen molar-refractivity contribution in [3.05, 3.63) is 54.1 Å². The van der Waals surface area contributed by atoms with Crippen LogP contribution in [0.15, 0.2) is 53.4 Å². The van der Waals surface area contributed by atoms with E-state index in [-0.39, 0.29) is 10.9 Å². The number of nitriles is 1. The fourth-order valence-electron chi connectivity index (χ4n) is 2.38. The van der Waals surface area contributed by atoms with Crippen LogP contribution >= 0.6 is 0 Å². The number of ether oxygens (including phenoxy) is 1. The number of nitrogens with zero attached hydrogens (tertiary/aromatic N) is 1. The van der Waals surface area contributed by atoms with Crippen molar-refractivity contribution in [3.8, 4) is 11.8 Å². The topological polar surface area (TPSA) is 108 Å². The Bertz CT molecular complexity index is 994. The number of para-hydroxylation sites is 1. The lowest BCUT2D eigenvalue weighted by atomic mass is 10.2. The number of hydrogen-bond donors (Lipinski definition) is 2. The Morgan fingerprint density at radius 1 is 1.22 bits per heavy atom. The molecule has 1 atom stereocenters. The van der Waals surface area contributed by atoms with Crippen molar-refractivity contribution < 1.29 is 17.9 Å². The monoisotopic (exact) mass is 385 g/mol. The van der Waals surface area contributed by atoms with Crippen LogP contribution in [0.4, 0.5) is 5.69 Å². The molecule has 0 heterocycles. The Morgan fingerprint density at radius 3 is 2.67 bits per heavy atom. The van der Waals surface area contributed by atoms with E-state index in [2.05, 4.69) is 10.0 Å². The molecule has 27 heavy (non-hydrogen) atoms. The Kier molecular flexibility index (Phi) is 5.44. The summed E-state index contributed by atoms with van der Waals surface area (Å²) < 4.78 is 32.7. The molecule has 7 nitrogen and oxygen atoms in total. The summed E-state index contributed by atoms with van der Waals surface area (Å²) in [4.78, 5) is 12.5. The van der Waals surface area contributed by atoms with Gasteiger partial charge in [0.15, 0.2) is 6.10 Å². The number of hydrogen-bond acceptors (Lipinski definition) is 5. The maximum atomic E-state index is 12.4. The summed E-state index contributed by atoms with van der Waals surface area (Å²) in [6.07, 6.45) is 0.813. The molecule has 0 radical (unpaired) electrons. The third-order valence-electron chi connectivity index (χ3n) is 3.99. The minimum Gasteiger partial charge on any atom is -0.480 e. The first-order valence-electron chi connectivity index (χ1n) is 8.48. The lowest BCUT2D eigenvalue weighted by molar-refractivity contribution is -0.122. The van der Waals surface area contributed by atoms with Gasteiger partial charge in [-0.25, -0.2) is 13.1 Å². The molecule has 0 spiro atoms. The summed E-state index contributed by atoms with van der Waals surface area (Å²) in [5, 5.41) is 11.7. The lowest BCUT2D eigenvalue weighted by Gasteiger charge is -2.16. The predicted molar refractivity (Wildman–Crippen MR) is 99.7 cm³/mol.